The van der Waals surface area contributed by atoms with E-state index >= 15 is 0 Å². The molecule has 2 unspecified atom stereocenters. The third-order valence-corrected chi connectivity index (χ3v) is 6.25. The minimum Gasteiger partial charge on any atom is -0.356 e. The van der Waals surface area contributed by atoms with E-state index in [1.54, 1.807) is 24.4 Å². The molecule has 1 aliphatic heterocycles. The fourth-order valence-corrected chi connectivity index (χ4v) is 4.10. The number of H-pyrrole nitrogens is 1. The van der Waals surface area contributed by atoms with Crippen LogP contribution < -0.4 is 10.6 Å². The topological polar surface area (TPSA) is 83.7 Å². The highest BCUT2D eigenvalue weighted by molar-refractivity contribution is 5.89. The van der Waals surface area contributed by atoms with E-state index in [2.05, 4.69) is 20.2 Å². The summed E-state index contributed by atoms with van der Waals surface area (Å²) < 4.78 is 55.1. The predicted octanol–water partition coefficient (Wildman–Crippen LogP) is 4.29. The summed E-state index contributed by atoms with van der Waals surface area (Å²) in [6.07, 6.45) is -1.53. The van der Waals surface area contributed by atoms with Crippen molar-refractivity contribution in [2.45, 2.75) is 38.9 Å². The van der Waals surface area contributed by atoms with Gasteiger partial charge in [0.1, 0.15) is 11.5 Å². The number of anilines is 1. The first-order valence-corrected chi connectivity index (χ1v) is 10.1. The van der Waals surface area contributed by atoms with Crippen LogP contribution in [-0.4, -0.2) is 45.5 Å². The Hall–Kier alpha value is -2.75. The number of pyridine rings is 2. The lowest BCUT2D eigenvalue weighted by molar-refractivity contribution is -0.222. The second kappa shape index (κ2) is 7.74. The first-order valence-electron chi connectivity index (χ1n) is 10.1. The van der Waals surface area contributed by atoms with Crippen molar-refractivity contribution >= 4 is 16.9 Å². The minimum absolute atomic E-state index is 0.0926. The summed E-state index contributed by atoms with van der Waals surface area (Å²) in [4.78, 5) is 10.5. The zero-order valence-corrected chi connectivity index (χ0v) is 17.2. The quantitative estimate of drug-likeness (QED) is 0.596. The van der Waals surface area contributed by atoms with E-state index in [9.17, 15) is 17.6 Å². The fraction of sp³-hybridized carbons (Fsp3) is 0.476. The van der Waals surface area contributed by atoms with Gasteiger partial charge in [0.25, 0.3) is 0 Å². The summed E-state index contributed by atoms with van der Waals surface area (Å²) in [5, 5.41) is 7.51. The molecule has 0 spiro atoms. The number of nitrogens with one attached hydrogen (secondary N) is 1. The summed E-state index contributed by atoms with van der Waals surface area (Å²) in [5.74, 6) is -0.399. The number of nitrogens with zero attached hydrogens (tertiary/aromatic N) is 4. The highest BCUT2D eigenvalue weighted by atomic mass is 19.4. The second-order valence-corrected chi connectivity index (χ2v) is 8.57. The fourth-order valence-electron chi connectivity index (χ4n) is 4.10. The number of rotatable bonds is 4. The van der Waals surface area contributed by atoms with Gasteiger partial charge in [-0.1, -0.05) is 0 Å². The maximum atomic E-state index is 14.6. The monoisotopic (exact) mass is 436 g/mol. The van der Waals surface area contributed by atoms with Gasteiger partial charge in [0.05, 0.1) is 11.1 Å². The van der Waals surface area contributed by atoms with Crippen molar-refractivity contribution in [3.8, 4) is 11.4 Å². The number of hydrogen-bond donors (Lipinski definition) is 2. The molecule has 0 amide bonds. The molecule has 2 atom stereocenters. The molecule has 31 heavy (non-hydrogen) atoms. The van der Waals surface area contributed by atoms with Gasteiger partial charge in [-0.2, -0.15) is 18.3 Å². The van der Waals surface area contributed by atoms with Crippen LogP contribution in [0.4, 0.5) is 23.4 Å². The molecule has 1 aliphatic rings. The van der Waals surface area contributed by atoms with Crippen LogP contribution >= 0.6 is 0 Å². The average Bonchev–Trinajstić information content (AvgIpc) is 3.17. The lowest BCUT2D eigenvalue weighted by atomic mass is 9.74. The van der Waals surface area contributed by atoms with E-state index in [1.165, 1.54) is 6.07 Å². The zero-order chi connectivity index (χ0) is 22.4. The molecule has 4 rings (SSSR count). The summed E-state index contributed by atoms with van der Waals surface area (Å²) >= 11 is 0. The molecule has 166 valence electrons. The van der Waals surface area contributed by atoms with Crippen LogP contribution in [-0.2, 0) is 0 Å². The van der Waals surface area contributed by atoms with Crippen LogP contribution in [0.5, 0.6) is 0 Å². The second-order valence-electron chi connectivity index (χ2n) is 8.57. The van der Waals surface area contributed by atoms with Crippen LogP contribution in [0.3, 0.4) is 0 Å². The van der Waals surface area contributed by atoms with E-state index in [0.717, 1.165) is 13.8 Å². The molecular formula is C21H24F4N6. The first kappa shape index (κ1) is 21.5. The van der Waals surface area contributed by atoms with Gasteiger partial charge in [-0.3, -0.25) is 5.10 Å². The summed E-state index contributed by atoms with van der Waals surface area (Å²) in [6, 6.07) is 5.28. The minimum atomic E-state index is -4.40. The van der Waals surface area contributed by atoms with Crippen LogP contribution in [0.2, 0.25) is 0 Å². The Balaban J connectivity index is 1.62. The molecule has 3 aromatic heterocycles. The van der Waals surface area contributed by atoms with E-state index < -0.39 is 23.5 Å². The molecule has 0 bridgehead atoms. The molecule has 0 aliphatic carbocycles. The van der Waals surface area contributed by atoms with Crippen molar-refractivity contribution in [1.29, 1.82) is 0 Å². The van der Waals surface area contributed by atoms with Crippen molar-refractivity contribution in [1.82, 2.24) is 20.2 Å². The van der Waals surface area contributed by atoms with Gasteiger partial charge in [-0.15, -0.1) is 0 Å². The van der Waals surface area contributed by atoms with Gasteiger partial charge in [-0.05, 0) is 56.9 Å². The largest absolute Gasteiger partial charge is 0.395 e. The van der Waals surface area contributed by atoms with Crippen LogP contribution in [0.25, 0.3) is 22.4 Å². The van der Waals surface area contributed by atoms with Crippen molar-refractivity contribution in [2.75, 3.05) is 18.0 Å². The van der Waals surface area contributed by atoms with Crippen molar-refractivity contribution in [3.63, 3.8) is 0 Å². The van der Waals surface area contributed by atoms with Crippen molar-refractivity contribution < 1.29 is 17.6 Å². The van der Waals surface area contributed by atoms with Gasteiger partial charge >= 0.3 is 6.18 Å². The van der Waals surface area contributed by atoms with E-state index in [0.29, 0.717) is 48.5 Å². The predicted molar refractivity (Wildman–Crippen MR) is 110 cm³/mol. The Morgan fingerprint density at radius 2 is 2.00 bits per heavy atom. The van der Waals surface area contributed by atoms with E-state index in [-0.39, 0.29) is 11.6 Å². The summed E-state index contributed by atoms with van der Waals surface area (Å²) in [5.41, 5.74) is 5.04. The number of piperidine rings is 1. The molecular weight excluding hydrogens is 412 g/mol. The Kier molecular flexibility index (Phi) is 5.36. The highest BCUT2D eigenvalue weighted by Crippen LogP contribution is 2.43. The molecule has 6 nitrogen and oxygen atoms in total. The number of fused-ring (bicyclic) bond motifs is 1. The lowest BCUT2D eigenvalue weighted by Gasteiger charge is -2.43. The Morgan fingerprint density at radius 1 is 1.23 bits per heavy atom. The van der Waals surface area contributed by atoms with Gasteiger partial charge in [0.2, 0.25) is 0 Å². The summed E-state index contributed by atoms with van der Waals surface area (Å²) in [6.45, 7) is 3.22. The number of aromatic nitrogens is 4. The average molecular weight is 436 g/mol. The number of nitrogens with two attached hydrogens (primary N) is 1. The molecule has 1 fully saturated rings. The van der Waals surface area contributed by atoms with Gasteiger partial charge in [-0.25, -0.2) is 14.4 Å². The molecule has 3 N–H and O–H groups in total. The number of halogens is 4. The van der Waals surface area contributed by atoms with E-state index in [4.69, 9.17) is 5.73 Å². The van der Waals surface area contributed by atoms with Gasteiger partial charge in [0.15, 0.2) is 11.5 Å². The van der Waals surface area contributed by atoms with Crippen molar-refractivity contribution in [3.05, 3.63) is 36.3 Å². The lowest BCUT2D eigenvalue weighted by Crippen LogP contribution is -2.55. The zero-order valence-electron chi connectivity index (χ0n) is 17.2. The van der Waals surface area contributed by atoms with Crippen LogP contribution in [0.15, 0.2) is 30.5 Å². The molecule has 0 saturated carbocycles. The molecule has 4 heterocycles. The Morgan fingerprint density at radius 3 is 2.74 bits per heavy atom. The SMILES string of the molecule is CC(C)(C(N)C1CCCN(c2ccc(F)c(-c3[nH]nc4ncccc34)n2)C1)C(F)(F)F. The normalized spacial score (nSPS) is 19.1. The number of aromatic amines is 1. The molecule has 3 aromatic rings. The Labute approximate surface area is 176 Å². The number of alkyl halides is 3. The first-order chi connectivity index (χ1) is 14.6. The van der Waals surface area contributed by atoms with Gasteiger partial charge in [0, 0.05) is 30.7 Å². The molecule has 1 saturated heterocycles. The molecule has 10 heteroatoms. The smallest absolute Gasteiger partial charge is 0.356 e. The molecule has 0 radical (unpaired) electrons. The summed E-state index contributed by atoms with van der Waals surface area (Å²) in [7, 11) is 0. The third-order valence-electron chi connectivity index (χ3n) is 6.25. The maximum Gasteiger partial charge on any atom is 0.395 e. The molecule has 0 aromatic carbocycles. The Bertz CT molecular complexity index is 1080. The van der Waals surface area contributed by atoms with Crippen LogP contribution in [0, 0.1) is 17.2 Å². The highest BCUT2D eigenvalue weighted by Gasteiger charge is 2.53. The third kappa shape index (κ3) is 3.84. The van der Waals surface area contributed by atoms with E-state index in [1.807, 2.05) is 4.90 Å². The number of hydrogen-bond acceptors (Lipinski definition) is 5. The standard InChI is InChI=1S/C21H24F4N6/c1-20(2,21(23,24)25)18(26)12-5-4-10-31(11-12)15-8-7-14(22)17(28-15)16-13-6-3-9-27-19(13)30-29-16/h3,6-9,12,18H,4-5,10-11,26H2,1-2H3,(H,27,29,30). The maximum absolute atomic E-state index is 14.6. The van der Waals surface area contributed by atoms with Gasteiger partial charge < -0.3 is 10.6 Å². The van der Waals surface area contributed by atoms with Crippen molar-refractivity contribution in [2.24, 2.45) is 17.1 Å². The van der Waals surface area contributed by atoms with Crippen LogP contribution in [0.1, 0.15) is 26.7 Å².